The number of hydrogen-bond acceptors (Lipinski definition) is 3. The molecule has 64 valence electrons. The van der Waals surface area contributed by atoms with E-state index >= 15 is 0 Å². The van der Waals surface area contributed by atoms with Crippen LogP contribution in [0.4, 0.5) is 0 Å². The third kappa shape index (κ3) is 1.17. The van der Waals surface area contributed by atoms with Gasteiger partial charge in [-0.3, -0.25) is 5.32 Å². The van der Waals surface area contributed by atoms with Gasteiger partial charge in [0.1, 0.15) is 0 Å². The van der Waals surface area contributed by atoms with Gasteiger partial charge in [0, 0.05) is 6.54 Å². The van der Waals surface area contributed by atoms with E-state index in [-0.39, 0.29) is 6.17 Å². The van der Waals surface area contributed by atoms with E-state index in [0.29, 0.717) is 5.92 Å². The SMILES string of the molecule is CC1CCNC2C1CCN2O. The largest absolute Gasteiger partial charge is 0.312 e. The van der Waals surface area contributed by atoms with Crippen molar-refractivity contribution in [2.24, 2.45) is 11.8 Å². The Morgan fingerprint density at radius 1 is 1.45 bits per heavy atom. The van der Waals surface area contributed by atoms with Crippen LogP contribution in [0.1, 0.15) is 19.8 Å². The monoisotopic (exact) mass is 156 g/mol. The number of hydrogen-bond donors (Lipinski definition) is 2. The number of fused-ring (bicyclic) bond motifs is 1. The van der Waals surface area contributed by atoms with Gasteiger partial charge in [0.2, 0.25) is 0 Å². The zero-order chi connectivity index (χ0) is 7.84. The molecule has 3 nitrogen and oxygen atoms in total. The first-order valence-corrected chi connectivity index (χ1v) is 4.48. The lowest BCUT2D eigenvalue weighted by Crippen LogP contribution is -2.49. The predicted molar refractivity (Wildman–Crippen MR) is 42.2 cm³/mol. The van der Waals surface area contributed by atoms with Crippen LogP contribution in [-0.4, -0.2) is 29.5 Å². The van der Waals surface area contributed by atoms with Gasteiger partial charge >= 0.3 is 0 Å². The van der Waals surface area contributed by atoms with Crippen molar-refractivity contribution in [2.75, 3.05) is 13.1 Å². The van der Waals surface area contributed by atoms with Gasteiger partial charge in [-0.05, 0) is 31.2 Å². The summed E-state index contributed by atoms with van der Waals surface area (Å²) in [5.74, 6) is 1.45. The van der Waals surface area contributed by atoms with Gasteiger partial charge in [-0.1, -0.05) is 6.92 Å². The highest BCUT2D eigenvalue weighted by atomic mass is 16.5. The fourth-order valence-corrected chi connectivity index (χ4v) is 2.32. The topological polar surface area (TPSA) is 35.5 Å². The first-order valence-electron chi connectivity index (χ1n) is 4.48. The second-order valence-corrected chi connectivity index (χ2v) is 3.78. The zero-order valence-electron chi connectivity index (χ0n) is 6.95. The second-order valence-electron chi connectivity index (χ2n) is 3.78. The van der Waals surface area contributed by atoms with E-state index in [0.717, 1.165) is 25.4 Å². The Bertz CT molecular complexity index is 149. The molecule has 2 saturated heterocycles. The van der Waals surface area contributed by atoms with Crippen LogP contribution in [0.15, 0.2) is 0 Å². The van der Waals surface area contributed by atoms with Crippen molar-refractivity contribution in [3.63, 3.8) is 0 Å². The first-order chi connectivity index (χ1) is 5.29. The van der Waals surface area contributed by atoms with Crippen LogP contribution in [0.25, 0.3) is 0 Å². The number of rotatable bonds is 0. The molecule has 0 amide bonds. The molecule has 3 heteroatoms. The van der Waals surface area contributed by atoms with Gasteiger partial charge in [0.25, 0.3) is 0 Å². The summed E-state index contributed by atoms with van der Waals surface area (Å²) in [5.41, 5.74) is 0. The van der Waals surface area contributed by atoms with Crippen molar-refractivity contribution in [1.29, 1.82) is 0 Å². The zero-order valence-corrected chi connectivity index (χ0v) is 6.95. The van der Waals surface area contributed by atoms with Crippen LogP contribution in [0.5, 0.6) is 0 Å². The molecular formula is C8H16N2O. The van der Waals surface area contributed by atoms with Crippen molar-refractivity contribution >= 4 is 0 Å². The molecule has 0 aromatic rings. The minimum atomic E-state index is 0.249. The average Bonchev–Trinajstić information content (AvgIpc) is 2.35. The number of nitrogens with one attached hydrogen (secondary N) is 1. The average molecular weight is 156 g/mol. The summed E-state index contributed by atoms with van der Waals surface area (Å²) in [6, 6.07) is 0. The summed E-state index contributed by atoms with van der Waals surface area (Å²) < 4.78 is 0. The lowest BCUT2D eigenvalue weighted by Gasteiger charge is -2.33. The molecule has 11 heavy (non-hydrogen) atoms. The maximum atomic E-state index is 9.41. The molecule has 0 bridgehead atoms. The third-order valence-electron chi connectivity index (χ3n) is 3.10. The Morgan fingerprint density at radius 3 is 3.00 bits per heavy atom. The van der Waals surface area contributed by atoms with Crippen molar-refractivity contribution in [3.05, 3.63) is 0 Å². The summed E-state index contributed by atoms with van der Waals surface area (Å²) in [6.45, 7) is 4.18. The number of piperidine rings is 1. The highest BCUT2D eigenvalue weighted by Gasteiger charge is 2.38. The Hall–Kier alpha value is -0.120. The van der Waals surface area contributed by atoms with E-state index in [1.165, 1.54) is 11.5 Å². The van der Waals surface area contributed by atoms with E-state index in [4.69, 9.17) is 0 Å². The number of hydroxylamine groups is 2. The smallest absolute Gasteiger partial charge is 0.0872 e. The molecule has 0 saturated carbocycles. The van der Waals surface area contributed by atoms with E-state index in [2.05, 4.69) is 12.2 Å². The van der Waals surface area contributed by atoms with Gasteiger partial charge in [-0.2, -0.15) is 5.06 Å². The fraction of sp³-hybridized carbons (Fsp3) is 1.00. The van der Waals surface area contributed by atoms with Crippen molar-refractivity contribution in [3.8, 4) is 0 Å². The minimum Gasteiger partial charge on any atom is -0.312 e. The highest BCUT2D eigenvalue weighted by molar-refractivity contribution is 4.88. The summed E-state index contributed by atoms with van der Waals surface area (Å²) in [5, 5.41) is 14.2. The van der Waals surface area contributed by atoms with Crippen molar-refractivity contribution in [1.82, 2.24) is 10.4 Å². The molecule has 3 unspecified atom stereocenters. The first kappa shape index (κ1) is 7.53. The molecule has 0 aliphatic carbocycles. The molecule has 2 N–H and O–H groups in total. The van der Waals surface area contributed by atoms with Crippen LogP contribution in [0, 0.1) is 11.8 Å². The Kier molecular flexibility index (Phi) is 1.87. The summed E-state index contributed by atoms with van der Waals surface area (Å²) in [4.78, 5) is 0. The van der Waals surface area contributed by atoms with Crippen LogP contribution < -0.4 is 5.32 Å². The van der Waals surface area contributed by atoms with Crippen LogP contribution >= 0.6 is 0 Å². The molecule has 2 fully saturated rings. The summed E-state index contributed by atoms with van der Waals surface area (Å²) >= 11 is 0. The Morgan fingerprint density at radius 2 is 2.27 bits per heavy atom. The maximum absolute atomic E-state index is 9.41. The molecule has 0 spiro atoms. The van der Waals surface area contributed by atoms with E-state index in [1.54, 1.807) is 0 Å². The quantitative estimate of drug-likeness (QED) is 0.540. The van der Waals surface area contributed by atoms with E-state index in [1.807, 2.05) is 0 Å². The molecule has 0 aromatic heterocycles. The molecule has 0 radical (unpaired) electrons. The highest BCUT2D eigenvalue weighted by Crippen LogP contribution is 2.32. The molecule has 0 aromatic carbocycles. The summed E-state index contributed by atoms with van der Waals surface area (Å²) in [6.07, 6.45) is 2.66. The van der Waals surface area contributed by atoms with Crippen molar-refractivity contribution < 1.29 is 5.21 Å². The lowest BCUT2D eigenvalue weighted by molar-refractivity contribution is -0.125. The number of nitrogens with zero attached hydrogens (tertiary/aromatic N) is 1. The Balaban J connectivity index is 2.07. The normalized spacial score (nSPS) is 45.8. The van der Waals surface area contributed by atoms with Crippen molar-refractivity contribution in [2.45, 2.75) is 25.9 Å². The third-order valence-corrected chi connectivity index (χ3v) is 3.10. The van der Waals surface area contributed by atoms with Crippen LogP contribution in [-0.2, 0) is 0 Å². The second kappa shape index (κ2) is 2.73. The van der Waals surface area contributed by atoms with Crippen LogP contribution in [0.3, 0.4) is 0 Å². The minimum absolute atomic E-state index is 0.249. The molecule has 2 aliphatic heterocycles. The van der Waals surface area contributed by atoms with E-state index in [9.17, 15) is 5.21 Å². The molecule has 2 rings (SSSR count). The molecule has 3 atom stereocenters. The van der Waals surface area contributed by atoms with Gasteiger partial charge in [0.15, 0.2) is 0 Å². The maximum Gasteiger partial charge on any atom is 0.0872 e. The van der Waals surface area contributed by atoms with Gasteiger partial charge in [-0.25, -0.2) is 0 Å². The summed E-state index contributed by atoms with van der Waals surface area (Å²) in [7, 11) is 0. The van der Waals surface area contributed by atoms with Gasteiger partial charge in [-0.15, -0.1) is 0 Å². The fourth-order valence-electron chi connectivity index (χ4n) is 2.32. The standard InChI is InChI=1S/C8H16N2O/c1-6-2-4-9-8-7(6)3-5-10(8)11/h6-9,11H,2-5H2,1H3. The molecule has 2 heterocycles. The van der Waals surface area contributed by atoms with Gasteiger partial charge in [0.05, 0.1) is 6.17 Å². The predicted octanol–water partition coefficient (Wildman–Crippen LogP) is 0.653. The lowest BCUT2D eigenvalue weighted by atomic mass is 9.85. The van der Waals surface area contributed by atoms with Gasteiger partial charge < -0.3 is 5.21 Å². The Labute approximate surface area is 67.3 Å². The van der Waals surface area contributed by atoms with Crippen LogP contribution in [0.2, 0.25) is 0 Å². The van der Waals surface area contributed by atoms with E-state index < -0.39 is 0 Å². The molecule has 2 aliphatic rings. The molecular weight excluding hydrogens is 140 g/mol.